The Labute approximate surface area is 198 Å². The number of amides is 2. The highest BCUT2D eigenvalue weighted by atomic mass is 16.5. The fourth-order valence-electron chi connectivity index (χ4n) is 3.96. The van der Waals surface area contributed by atoms with Gasteiger partial charge in [0, 0.05) is 37.6 Å². The molecule has 0 N–H and O–H groups in total. The van der Waals surface area contributed by atoms with Crippen molar-refractivity contribution in [1.29, 1.82) is 0 Å². The fourth-order valence-corrected chi connectivity index (χ4v) is 3.96. The molecule has 0 bridgehead atoms. The Balaban J connectivity index is 1.56. The predicted octanol–water partition coefficient (Wildman–Crippen LogP) is 2.77. The van der Waals surface area contributed by atoms with Gasteiger partial charge in [-0.05, 0) is 43.7 Å². The lowest BCUT2D eigenvalue weighted by Crippen LogP contribution is -2.39. The van der Waals surface area contributed by atoms with Crippen LogP contribution in [-0.4, -0.2) is 64.6 Å². The number of aryl methyl sites for hydroxylation is 2. The van der Waals surface area contributed by atoms with E-state index in [4.69, 9.17) is 14.0 Å². The van der Waals surface area contributed by atoms with Gasteiger partial charge >= 0.3 is 0 Å². The lowest BCUT2D eigenvalue weighted by Gasteiger charge is -2.25. The SMILES string of the molecule is COc1cccc(CN2CC(OCc3c(C)noc3C)CN(C(=O)c3cccnc3)CC2=O)c1. The highest BCUT2D eigenvalue weighted by molar-refractivity contribution is 5.96. The van der Waals surface area contributed by atoms with Gasteiger partial charge in [-0.1, -0.05) is 17.3 Å². The minimum Gasteiger partial charge on any atom is -0.497 e. The number of pyridine rings is 1. The number of carbonyl (C=O) groups is 2. The third-order valence-corrected chi connectivity index (χ3v) is 5.87. The van der Waals surface area contributed by atoms with E-state index < -0.39 is 6.10 Å². The zero-order valence-corrected chi connectivity index (χ0v) is 19.6. The molecule has 1 aliphatic heterocycles. The van der Waals surface area contributed by atoms with Crippen LogP contribution in [0, 0.1) is 13.8 Å². The number of aromatic nitrogens is 2. The molecular formula is C25H28N4O5. The zero-order chi connectivity index (χ0) is 24.1. The highest BCUT2D eigenvalue weighted by Crippen LogP contribution is 2.20. The van der Waals surface area contributed by atoms with E-state index in [-0.39, 0.29) is 31.5 Å². The van der Waals surface area contributed by atoms with Crippen molar-refractivity contribution in [3.05, 3.63) is 76.9 Å². The van der Waals surface area contributed by atoms with Crippen LogP contribution in [0.3, 0.4) is 0 Å². The third kappa shape index (κ3) is 5.43. The predicted molar refractivity (Wildman–Crippen MR) is 123 cm³/mol. The molecule has 1 aromatic carbocycles. The minimum absolute atomic E-state index is 0.0388. The second-order valence-corrected chi connectivity index (χ2v) is 8.29. The van der Waals surface area contributed by atoms with Crippen LogP contribution in [0.15, 0.2) is 53.3 Å². The Bertz CT molecular complexity index is 1130. The summed E-state index contributed by atoms with van der Waals surface area (Å²) in [6.45, 7) is 4.94. The van der Waals surface area contributed by atoms with E-state index in [1.54, 1.807) is 30.3 Å². The number of hydrogen-bond donors (Lipinski definition) is 0. The maximum absolute atomic E-state index is 13.2. The lowest BCUT2D eigenvalue weighted by atomic mass is 10.2. The van der Waals surface area contributed by atoms with Gasteiger partial charge < -0.3 is 23.8 Å². The van der Waals surface area contributed by atoms with E-state index in [1.165, 1.54) is 11.1 Å². The standard InChI is InChI=1S/C25H28N4O5/c1-17-23(18(2)34-27-17)16-33-22-13-28(12-19-6-4-8-21(10-19)32-3)24(30)15-29(14-22)25(31)20-7-5-9-26-11-20/h4-11,22H,12-16H2,1-3H3. The molecule has 1 atom stereocenters. The van der Waals surface area contributed by atoms with Crippen molar-refractivity contribution in [2.75, 3.05) is 26.7 Å². The van der Waals surface area contributed by atoms with Crippen molar-refractivity contribution in [2.24, 2.45) is 0 Å². The van der Waals surface area contributed by atoms with Crippen LogP contribution in [0.4, 0.5) is 0 Å². The minimum atomic E-state index is -0.397. The first kappa shape index (κ1) is 23.4. The average Bonchev–Trinajstić information content (AvgIpc) is 3.09. The van der Waals surface area contributed by atoms with Crippen molar-refractivity contribution in [2.45, 2.75) is 33.1 Å². The van der Waals surface area contributed by atoms with Crippen LogP contribution in [-0.2, 0) is 22.7 Å². The maximum Gasteiger partial charge on any atom is 0.255 e. The summed E-state index contributed by atoms with van der Waals surface area (Å²) in [5.74, 6) is 1.01. The van der Waals surface area contributed by atoms with E-state index in [1.807, 2.05) is 38.1 Å². The third-order valence-electron chi connectivity index (χ3n) is 5.87. The first-order valence-electron chi connectivity index (χ1n) is 11.1. The lowest BCUT2D eigenvalue weighted by molar-refractivity contribution is -0.132. The van der Waals surface area contributed by atoms with E-state index in [0.29, 0.717) is 24.4 Å². The normalized spacial score (nSPS) is 16.4. The first-order valence-corrected chi connectivity index (χ1v) is 11.1. The second kappa shape index (κ2) is 10.5. The van der Waals surface area contributed by atoms with Crippen LogP contribution >= 0.6 is 0 Å². The first-order chi connectivity index (χ1) is 16.4. The molecule has 9 heteroatoms. The Morgan fingerprint density at radius 3 is 2.76 bits per heavy atom. The Kier molecular flexibility index (Phi) is 7.22. The number of benzene rings is 1. The summed E-state index contributed by atoms with van der Waals surface area (Å²) >= 11 is 0. The maximum atomic E-state index is 13.2. The number of rotatable bonds is 7. The molecule has 4 rings (SSSR count). The van der Waals surface area contributed by atoms with E-state index in [9.17, 15) is 9.59 Å². The van der Waals surface area contributed by atoms with Gasteiger partial charge in [-0.25, -0.2) is 0 Å². The summed E-state index contributed by atoms with van der Waals surface area (Å²) in [7, 11) is 1.61. The monoisotopic (exact) mass is 464 g/mol. The molecule has 9 nitrogen and oxygen atoms in total. The van der Waals surface area contributed by atoms with E-state index >= 15 is 0 Å². The number of carbonyl (C=O) groups excluding carboxylic acids is 2. The number of ether oxygens (including phenoxy) is 2. The molecule has 0 spiro atoms. The van der Waals surface area contributed by atoms with Gasteiger partial charge in [0.2, 0.25) is 5.91 Å². The van der Waals surface area contributed by atoms with Crippen LogP contribution in [0.1, 0.15) is 32.9 Å². The fraction of sp³-hybridized carbons (Fsp3) is 0.360. The zero-order valence-electron chi connectivity index (χ0n) is 19.6. The van der Waals surface area contributed by atoms with Crippen molar-refractivity contribution < 1.29 is 23.6 Å². The van der Waals surface area contributed by atoms with Gasteiger partial charge in [0.05, 0.1) is 31.1 Å². The van der Waals surface area contributed by atoms with Crippen LogP contribution in [0.25, 0.3) is 0 Å². The van der Waals surface area contributed by atoms with Crippen LogP contribution < -0.4 is 4.74 Å². The summed E-state index contributed by atoms with van der Waals surface area (Å²) in [4.78, 5) is 33.7. The van der Waals surface area contributed by atoms with Crippen molar-refractivity contribution in [3.63, 3.8) is 0 Å². The van der Waals surface area contributed by atoms with Crippen molar-refractivity contribution >= 4 is 11.8 Å². The second-order valence-electron chi connectivity index (χ2n) is 8.29. The average molecular weight is 465 g/mol. The molecule has 1 fully saturated rings. The van der Waals surface area contributed by atoms with E-state index in [2.05, 4.69) is 10.1 Å². The van der Waals surface area contributed by atoms with Gasteiger partial charge in [-0.3, -0.25) is 14.6 Å². The Morgan fingerprint density at radius 1 is 1.21 bits per heavy atom. The van der Waals surface area contributed by atoms with Gasteiger partial charge in [-0.2, -0.15) is 0 Å². The molecule has 3 heterocycles. The topological polar surface area (TPSA) is 98.0 Å². The van der Waals surface area contributed by atoms with Crippen LogP contribution in [0.2, 0.25) is 0 Å². The quantitative estimate of drug-likeness (QED) is 0.530. The number of methoxy groups -OCH3 is 1. The van der Waals surface area contributed by atoms with Gasteiger partial charge in [-0.15, -0.1) is 0 Å². The molecule has 3 aromatic rings. The molecule has 2 amide bonds. The molecule has 0 radical (unpaired) electrons. The summed E-state index contributed by atoms with van der Waals surface area (Å²) in [6.07, 6.45) is 2.72. The summed E-state index contributed by atoms with van der Waals surface area (Å²) in [5, 5.41) is 3.98. The Hall–Kier alpha value is -3.72. The number of nitrogens with zero attached hydrogens (tertiary/aromatic N) is 4. The molecule has 0 aliphatic carbocycles. The number of hydrogen-bond acceptors (Lipinski definition) is 7. The molecule has 178 valence electrons. The molecule has 1 unspecified atom stereocenters. The van der Waals surface area contributed by atoms with Gasteiger partial charge in [0.25, 0.3) is 5.91 Å². The molecule has 1 aliphatic rings. The largest absolute Gasteiger partial charge is 0.497 e. The van der Waals surface area contributed by atoms with Crippen molar-refractivity contribution in [1.82, 2.24) is 19.9 Å². The van der Waals surface area contributed by atoms with Gasteiger partial charge in [0.15, 0.2) is 0 Å². The molecular weight excluding hydrogens is 436 g/mol. The molecule has 0 saturated carbocycles. The molecule has 2 aromatic heterocycles. The summed E-state index contributed by atoms with van der Waals surface area (Å²) in [5.41, 5.74) is 3.00. The van der Waals surface area contributed by atoms with Gasteiger partial charge in [0.1, 0.15) is 18.1 Å². The summed E-state index contributed by atoms with van der Waals surface area (Å²) < 4.78 is 16.8. The smallest absolute Gasteiger partial charge is 0.255 e. The van der Waals surface area contributed by atoms with E-state index in [0.717, 1.165) is 22.6 Å². The summed E-state index contributed by atoms with van der Waals surface area (Å²) in [6, 6.07) is 11.0. The van der Waals surface area contributed by atoms with Crippen molar-refractivity contribution in [3.8, 4) is 5.75 Å². The molecule has 1 saturated heterocycles. The Morgan fingerprint density at radius 2 is 2.06 bits per heavy atom. The van der Waals surface area contributed by atoms with Crippen LogP contribution in [0.5, 0.6) is 5.75 Å². The molecule has 34 heavy (non-hydrogen) atoms. The highest BCUT2D eigenvalue weighted by Gasteiger charge is 2.32.